The van der Waals surface area contributed by atoms with Crippen molar-refractivity contribution < 1.29 is 9.59 Å². The van der Waals surface area contributed by atoms with Crippen LogP contribution >= 0.6 is 15.9 Å². The van der Waals surface area contributed by atoms with Gasteiger partial charge in [0.05, 0.1) is 6.21 Å². The summed E-state index contributed by atoms with van der Waals surface area (Å²) in [6.45, 7) is 1.17. The molecule has 2 aromatic rings. The Balaban J connectivity index is 1.47. The van der Waals surface area contributed by atoms with Crippen molar-refractivity contribution in [3.8, 4) is 0 Å². The highest BCUT2D eigenvalue weighted by molar-refractivity contribution is 9.10. The second-order valence-corrected chi connectivity index (χ2v) is 7.13. The van der Waals surface area contributed by atoms with Gasteiger partial charge in [-0.25, -0.2) is 5.43 Å². The van der Waals surface area contributed by atoms with Gasteiger partial charge in [-0.1, -0.05) is 46.3 Å². The number of hydrogen-bond acceptors (Lipinski definition) is 3. The van der Waals surface area contributed by atoms with Crippen molar-refractivity contribution in [3.05, 3.63) is 70.2 Å². The first-order valence-corrected chi connectivity index (χ1v) is 9.35. The van der Waals surface area contributed by atoms with Gasteiger partial charge in [0.25, 0.3) is 5.91 Å². The summed E-state index contributed by atoms with van der Waals surface area (Å²) in [6, 6.07) is 16.9. The quantitative estimate of drug-likeness (QED) is 0.616. The average Bonchev–Trinajstić information content (AvgIpc) is 2.69. The maximum absolute atomic E-state index is 12.4. The Labute approximate surface area is 161 Å². The minimum atomic E-state index is -0.114. The lowest BCUT2D eigenvalue weighted by Crippen LogP contribution is -2.42. The number of nitrogens with zero attached hydrogens (tertiary/aromatic N) is 2. The normalized spacial score (nSPS) is 15.2. The molecule has 0 aromatic heterocycles. The van der Waals surface area contributed by atoms with Crippen molar-refractivity contribution in [2.45, 2.75) is 12.8 Å². The molecule has 0 bridgehead atoms. The molecule has 0 spiro atoms. The van der Waals surface area contributed by atoms with Gasteiger partial charge in [-0.05, 0) is 42.7 Å². The summed E-state index contributed by atoms with van der Waals surface area (Å²) < 4.78 is 0.996. The number of hydrogen-bond donors (Lipinski definition) is 1. The fourth-order valence-electron chi connectivity index (χ4n) is 2.92. The molecular weight excluding hydrogens is 394 g/mol. The number of hydrazone groups is 1. The molecule has 5 nitrogen and oxygen atoms in total. The van der Waals surface area contributed by atoms with Gasteiger partial charge >= 0.3 is 0 Å². The van der Waals surface area contributed by atoms with Crippen molar-refractivity contribution in [2.75, 3.05) is 13.1 Å². The van der Waals surface area contributed by atoms with E-state index in [0.29, 0.717) is 31.5 Å². The SMILES string of the molecule is O=C(N/N=C\c1ccc(Br)cc1)C1CCN(C(=O)c2ccccc2)CC1. The second kappa shape index (κ2) is 8.76. The third kappa shape index (κ3) is 4.79. The zero-order valence-electron chi connectivity index (χ0n) is 14.3. The first-order valence-electron chi connectivity index (χ1n) is 8.56. The minimum absolute atomic E-state index is 0.0257. The van der Waals surface area contributed by atoms with E-state index in [1.165, 1.54) is 0 Å². The number of carbonyl (C=O) groups excluding carboxylic acids is 2. The number of piperidine rings is 1. The lowest BCUT2D eigenvalue weighted by atomic mass is 9.95. The topological polar surface area (TPSA) is 61.8 Å². The Kier molecular flexibility index (Phi) is 6.17. The minimum Gasteiger partial charge on any atom is -0.339 e. The van der Waals surface area contributed by atoms with E-state index in [2.05, 4.69) is 26.5 Å². The largest absolute Gasteiger partial charge is 0.339 e. The molecule has 0 unspecified atom stereocenters. The van der Waals surface area contributed by atoms with Gasteiger partial charge in [-0.2, -0.15) is 5.10 Å². The summed E-state index contributed by atoms with van der Waals surface area (Å²) >= 11 is 3.38. The van der Waals surface area contributed by atoms with Gasteiger partial charge in [0.2, 0.25) is 5.91 Å². The first-order chi connectivity index (χ1) is 12.6. The van der Waals surface area contributed by atoms with Crippen LogP contribution in [-0.4, -0.2) is 36.0 Å². The van der Waals surface area contributed by atoms with E-state index in [1.54, 1.807) is 6.21 Å². The lowest BCUT2D eigenvalue weighted by Gasteiger charge is -2.31. The molecule has 1 aliphatic rings. The van der Waals surface area contributed by atoms with Gasteiger partial charge in [0.1, 0.15) is 0 Å². The maximum Gasteiger partial charge on any atom is 0.253 e. The van der Waals surface area contributed by atoms with Crippen LogP contribution in [-0.2, 0) is 4.79 Å². The monoisotopic (exact) mass is 413 g/mol. The lowest BCUT2D eigenvalue weighted by molar-refractivity contribution is -0.126. The Morgan fingerprint density at radius 2 is 1.69 bits per heavy atom. The number of rotatable bonds is 4. The molecular formula is C20H20BrN3O2. The van der Waals surface area contributed by atoms with Crippen molar-refractivity contribution in [1.29, 1.82) is 0 Å². The molecule has 1 saturated heterocycles. The van der Waals surface area contributed by atoms with Crippen molar-refractivity contribution in [1.82, 2.24) is 10.3 Å². The number of benzene rings is 2. The van der Waals surface area contributed by atoms with Crippen molar-refractivity contribution >= 4 is 34.0 Å². The number of amides is 2. The van der Waals surface area contributed by atoms with Crippen LogP contribution in [0.2, 0.25) is 0 Å². The third-order valence-electron chi connectivity index (χ3n) is 4.43. The highest BCUT2D eigenvalue weighted by atomic mass is 79.9. The van der Waals surface area contributed by atoms with Gasteiger partial charge in [0.15, 0.2) is 0 Å². The second-order valence-electron chi connectivity index (χ2n) is 6.22. The summed E-state index contributed by atoms with van der Waals surface area (Å²) in [7, 11) is 0. The molecule has 2 amide bonds. The molecule has 134 valence electrons. The standard InChI is InChI=1S/C20H20BrN3O2/c21-18-8-6-15(7-9-18)14-22-23-19(25)16-10-12-24(13-11-16)20(26)17-4-2-1-3-5-17/h1-9,14,16H,10-13H2,(H,23,25)/b22-14-. The fourth-order valence-corrected chi connectivity index (χ4v) is 3.18. The van der Waals surface area contributed by atoms with Crippen LogP contribution in [0.4, 0.5) is 0 Å². The van der Waals surface area contributed by atoms with Crippen LogP contribution < -0.4 is 5.43 Å². The maximum atomic E-state index is 12.4. The van der Waals surface area contributed by atoms with Crippen LogP contribution in [0.25, 0.3) is 0 Å². The zero-order valence-corrected chi connectivity index (χ0v) is 15.9. The Morgan fingerprint density at radius 1 is 1.04 bits per heavy atom. The molecule has 1 N–H and O–H groups in total. The molecule has 0 saturated carbocycles. The number of likely N-dealkylation sites (tertiary alicyclic amines) is 1. The van der Waals surface area contributed by atoms with Crippen LogP contribution in [0, 0.1) is 5.92 Å². The van der Waals surface area contributed by atoms with E-state index in [9.17, 15) is 9.59 Å². The van der Waals surface area contributed by atoms with E-state index >= 15 is 0 Å². The number of nitrogens with one attached hydrogen (secondary N) is 1. The Hall–Kier alpha value is -2.47. The van der Waals surface area contributed by atoms with E-state index < -0.39 is 0 Å². The molecule has 26 heavy (non-hydrogen) atoms. The smallest absolute Gasteiger partial charge is 0.253 e. The van der Waals surface area contributed by atoms with Crippen LogP contribution in [0.15, 0.2) is 64.2 Å². The zero-order chi connectivity index (χ0) is 18.4. The van der Waals surface area contributed by atoms with Crippen LogP contribution in [0.5, 0.6) is 0 Å². The molecule has 3 rings (SSSR count). The molecule has 1 aliphatic heterocycles. The fraction of sp³-hybridized carbons (Fsp3) is 0.250. The molecule has 1 fully saturated rings. The Morgan fingerprint density at radius 3 is 2.35 bits per heavy atom. The third-order valence-corrected chi connectivity index (χ3v) is 4.96. The van der Waals surface area contributed by atoms with E-state index in [-0.39, 0.29) is 17.7 Å². The van der Waals surface area contributed by atoms with Gasteiger partial charge in [-0.15, -0.1) is 0 Å². The predicted octanol–water partition coefficient (Wildman–Crippen LogP) is 3.45. The van der Waals surface area contributed by atoms with E-state index in [1.807, 2.05) is 59.5 Å². The Bertz CT molecular complexity index is 782. The summed E-state index contributed by atoms with van der Waals surface area (Å²) in [4.78, 5) is 26.5. The van der Waals surface area contributed by atoms with E-state index in [0.717, 1.165) is 10.0 Å². The van der Waals surface area contributed by atoms with Crippen LogP contribution in [0.3, 0.4) is 0 Å². The summed E-state index contributed by atoms with van der Waals surface area (Å²) in [6.07, 6.45) is 2.93. The average molecular weight is 414 g/mol. The molecule has 0 atom stereocenters. The van der Waals surface area contributed by atoms with Crippen LogP contribution in [0.1, 0.15) is 28.8 Å². The summed E-state index contributed by atoms with van der Waals surface area (Å²) in [5, 5.41) is 4.03. The molecule has 6 heteroatoms. The molecule has 1 heterocycles. The highest BCUT2D eigenvalue weighted by Crippen LogP contribution is 2.19. The number of halogens is 1. The van der Waals surface area contributed by atoms with Crippen molar-refractivity contribution in [3.63, 3.8) is 0 Å². The molecule has 0 radical (unpaired) electrons. The van der Waals surface area contributed by atoms with Gasteiger partial charge < -0.3 is 4.90 Å². The summed E-state index contributed by atoms with van der Waals surface area (Å²) in [5.74, 6) is -0.181. The first kappa shape index (κ1) is 18.3. The highest BCUT2D eigenvalue weighted by Gasteiger charge is 2.27. The number of carbonyl (C=O) groups is 2. The van der Waals surface area contributed by atoms with Gasteiger partial charge in [0, 0.05) is 29.0 Å². The van der Waals surface area contributed by atoms with Crippen molar-refractivity contribution in [2.24, 2.45) is 11.0 Å². The van der Waals surface area contributed by atoms with E-state index in [4.69, 9.17) is 0 Å². The van der Waals surface area contributed by atoms with Gasteiger partial charge in [-0.3, -0.25) is 9.59 Å². The summed E-state index contributed by atoms with van der Waals surface area (Å²) in [5.41, 5.74) is 4.21. The molecule has 2 aromatic carbocycles. The molecule has 0 aliphatic carbocycles. The predicted molar refractivity (Wildman–Crippen MR) is 105 cm³/mol.